The molecule has 0 aliphatic rings. The lowest BCUT2D eigenvalue weighted by Crippen LogP contribution is -2.38. The van der Waals surface area contributed by atoms with Crippen LogP contribution < -0.4 is 5.32 Å². The number of aliphatic imine (C=N–C) groups is 1. The van der Waals surface area contributed by atoms with E-state index in [1.54, 1.807) is 7.11 Å². The van der Waals surface area contributed by atoms with Gasteiger partial charge >= 0.3 is 0 Å². The Bertz CT molecular complexity index is 736. The van der Waals surface area contributed by atoms with Crippen LogP contribution in [0, 0.1) is 0 Å². The molecule has 0 amide bonds. The third-order valence-corrected chi connectivity index (χ3v) is 4.22. The van der Waals surface area contributed by atoms with Crippen LogP contribution in [0.3, 0.4) is 0 Å². The summed E-state index contributed by atoms with van der Waals surface area (Å²) in [5, 5.41) is 8.03. The van der Waals surface area contributed by atoms with Gasteiger partial charge < -0.3 is 15.0 Å². The summed E-state index contributed by atoms with van der Waals surface area (Å²) in [7, 11) is 7.54. The molecule has 0 saturated heterocycles. The third-order valence-electron chi connectivity index (χ3n) is 4.22. The second-order valence-electron chi connectivity index (χ2n) is 6.88. The quantitative estimate of drug-likeness (QED) is 0.611. The van der Waals surface area contributed by atoms with Gasteiger partial charge in [0.1, 0.15) is 0 Å². The van der Waals surface area contributed by atoms with Gasteiger partial charge in [0.05, 0.1) is 12.3 Å². The van der Waals surface area contributed by atoms with Crippen LogP contribution in [0.25, 0.3) is 0 Å². The molecule has 0 radical (unpaired) electrons. The van der Waals surface area contributed by atoms with E-state index < -0.39 is 0 Å². The van der Waals surface area contributed by atoms with Crippen molar-refractivity contribution in [2.75, 3.05) is 21.2 Å². The molecule has 0 spiro atoms. The topological polar surface area (TPSA) is 54.7 Å². The van der Waals surface area contributed by atoms with Gasteiger partial charge in [-0.05, 0) is 17.0 Å². The predicted molar refractivity (Wildman–Crippen MR) is 106 cm³/mol. The molecule has 1 aromatic heterocycles. The molecule has 0 fully saturated rings. The van der Waals surface area contributed by atoms with Crippen molar-refractivity contribution in [3.63, 3.8) is 0 Å². The van der Waals surface area contributed by atoms with E-state index in [0.717, 1.165) is 24.7 Å². The molecule has 6 heteroatoms. The third kappa shape index (κ3) is 5.33. The zero-order valence-electron chi connectivity index (χ0n) is 16.8. The Hall–Kier alpha value is -2.34. The number of hydrogen-bond donors (Lipinski definition) is 1. The number of benzene rings is 1. The second-order valence-corrected chi connectivity index (χ2v) is 6.88. The Morgan fingerprint density at radius 1 is 1.35 bits per heavy atom. The highest BCUT2D eigenvalue weighted by Crippen LogP contribution is 2.18. The molecule has 6 nitrogen and oxygen atoms in total. The summed E-state index contributed by atoms with van der Waals surface area (Å²) in [5.41, 5.74) is 4.75. The number of ether oxygens (including phenoxy) is 1. The van der Waals surface area contributed by atoms with Crippen LogP contribution in [0.4, 0.5) is 0 Å². The first kappa shape index (κ1) is 20.0. The molecule has 0 aliphatic heterocycles. The van der Waals surface area contributed by atoms with Crippen LogP contribution in [0.2, 0.25) is 0 Å². The first-order valence-electron chi connectivity index (χ1n) is 8.95. The number of nitrogens with zero attached hydrogens (tertiary/aromatic N) is 4. The smallest absolute Gasteiger partial charge is 0.193 e. The Kier molecular flexibility index (Phi) is 7.21. The highest BCUT2D eigenvalue weighted by Gasteiger charge is 2.15. The summed E-state index contributed by atoms with van der Waals surface area (Å²) in [6, 6.07) is 8.39. The average molecular weight is 358 g/mol. The average Bonchev–Trinajstić information content (AvgIpc) is 2.96. The van der Waals surface area contributed by atoms with E-state index in [1.165, 1.54) is 16.7 Å². The van der Waals surface area contributed by atoms with Crippen LogP contribution in [0.5, 0.6) is 0 Å². The van der Waals surface area contributed by atoms with E-state index in [1.807, 2.05) is 25.8 Å². The highest BCUT2D eigenvalue weighted by molar-refractivity contribution is 5.79. The van der Waals surface area contributed by atoms with Gasteiger partial charge in [0.15, 0.2) is 5.96 Å². The molecule has 1 heterocycles. The molecule has 0 aliphatic carbocycles. The molecule has 2 aromatic rings. The normalized spacial score (nSPS) is 11.9. The van der Waals surface area contributed by atoms with Crippen molar-refractivity contribution in [2.45, 2.75) is 39.5 Å². The largest absolute Gasteiger partial charge is 0.380 e. The minimum absolute atomic E-state index is 0.401. The number of hydrogen-bond acceptors (Lipinski definition) is 3. The van der Waals surface area contributed by atoms with E-state index in [2.05, 4.69) is 64.6 Å². The molecule has 2 rings (SSSR count). The zero-order valence-corrected chi connectivity index (χ0v) is 16.8. The summed E-state index contributed by atoms with van der Waals surface area (Å²) < 4.78 is 7.09. The van der Waals surface area contributed by atoms with E-state index in [9.17, 15) is 0 Å². The summed E-state index contributed by atoms with van der Waals surface area (Å²) in [5.74, 6) is 1.26. The first-order chi connectivity index (χ1) is 12.4. The molecule has 1 N–H and O–H groups in total. The number of aromatic nitrogens is 2. The molecule has 0 atom stereocenters. The Morgan fingerprint density at radius 3 is 2.73 bits per heavy atom. The van der Waals surface area contributed by atoms with E-state index in [-0.39, 0.29) is 0 Å². The Labute approximate surface area is 156 Å². The van der Waals surface area contributed by atoms with Gasteiger partial charge in [-0.1, -0.05) is 38.1 Å². The van der Waals surface area contributed by atoms with Crippen LogP contribution in [0.1, 0.15) is 42.1 Å². The van der Waals surface area contributed by atoms with Gasteiger partial charge in [-0.3, -0.25) is 9.67 Å². The monoisotopic (exact) mass is 357 g/mol. The summed E-state index contributed by atoms with van der Waals surface area (Å²) >= 11 is 0. The molecular weight excluding hydrogens is 326 g/mol. The Balaban J connectivity index is 2.01. The van der Waals surface area contributed by atoms with E-state index >= 15 is 0 Å². The predicted octanol–water partition coefficient (Wildman–Crippen LogP) is 2.90. The molecule has 0 unspecified atom stereocenters. The van der Waals surface area contributed by atoms with Gasteiger partial charge in [-0.2, -0.15) is 5.10 Å². The van der Waals surface area contributed by atoms with Gasteiger partial charge in [0.25, 0.3) is 0 Å². The van der Waals surface area contributed by atoms with Gasteiger partial charge in [0.2, 0.25) is 0 Å². The number of aryl methyl sites for hydroxylation is 1. The lowest BCUT2D eigenvalue weighted by Gasteiger charge is -2.22. The van der Waals surface area contributed by atoms with Crippen molar-refractivity contribution in [1.82, 2.24) is 20.0 Å². The van der Waals surface area contributed by atoms with E-state index in [0.29, 0.717) is 12.5 Å². The maximum atomic E-state index is 5.21. The second kappa shape index (κ2) is 9.38. The van der Waals surface area contributed by atoms with Crippen LogP contribution in [0.15, 0.2) is 35.5 Å². The van der Waals surface area contributed by atoms with Crippen molar-refractivity contribution in [3.05, 3.63) is 52.8 Å². The molecular formula is C20H31N5O. The van der Waals surface area contributed by atoms with Gasteiger partial charge in [0, 0.05) is 53.1 Å². The standard InChI is InChI=1S/C20H31N5O/c1-15(2)19-18(13-25(5)23-19)12-24(4)20(21-3)22-11-16-8-7-9-17(10-16)14-26-6/h7-10,13,15H,11-12,14H2,1-6H3,(H,21,22). The van der Waals surface area contributed by atoms with Crippen LogP contribution in [-0.2, 0) is 31.5 Å². The van der Waals surface area contributed by atoms with Crippen molar-refractivity contribution < 1.29 is 4.74 Å². The van der Waals surface area contributed by atoms with Crippen molar-refractivity contribution in [3.8, 4) is 0 Å². The molecule has 1 aromatic carbocycles. The number of methoxy groups -OCH3 is 1. The summed E-state index contributed by atoms with van der Waals surface area (Å²) in [4.78, 5) is 6.55. The first-order valence-corrected chi connectivity index (χ1v) is 8.95. The minimum atomic E-state index is 0.401. The minimum Gasteiger partial charge on any atom is -0.380 e. The molecule has 0 bridgehead atoms. The maximum absolute atomic E-state index is 5.21. The van der Waals surface area contributed by atoms with Gasteiger partial charge in [-0.15, -0.1) is 0 Å². The fourth-order valence-corrected chi connectivity index (χ4v) is 3.06. The fourth-order valence-electron chi connectivity index (χ4n) is 3.06. The zero-order chi connectivity index (χ0) is 19.1. The number of nitrogens with one attached hydrogen (secondary N) is 1. The van der Waals surface area contributed by atoms with Crippen molar-refractivity contribution >= 4 is 5.96 Å². The van der Waals surface area contributed by atoms with Crippen molar-refractivity contribution in [1.29, 1.82) is 0 Å². The SMILES string of the molecule is CN=C(NCc1cccc(COC)c1)N(C)Cc1cn(C)nc1C(C)C. The highest BCUT2D eigenvalue weighted by atomic mass is 16.5. The molecule has 0 saturated carbocycles. The van der Waals surface area contributed by atoms with E-state index in [4.69, 9.17) is 4.74 Å². The molecule has 142 valence electrons. The maximum Gasteiger partial charge on any atom is 0.193 e. The number of rotatable bonds is 7. The van der Waals surface area contributed by atoms with Crippen LogP contribution in [-0.4, -0.2) is 41.8 Å². The van der Waals surface area contributed by atoms with Gasteiger partial charge in [-0.25, -0.2) is 0 Å². The lowest BCUT2D eigenvalue weighted by molar-refractivity contribution is 0.185. The lowest BCUT2D eigenvalue weighted by atomic mass is 10.1. The van der Waals surface area contributed by atoms with Crippen molar-refractivity contribution in [2.24, 2.45) is 12.0 Å². The molecule has 26 heavy (non-hydrogen) atoms. The summed E-state index contributed by atoms with van der Waals surface area (Å²) in [6.45, 7) is 6.46. The Morgan fingerprint density at radius 2 is 2.08 bits per heavy atom. The summed E-state index contributed by atoms with van der Waals surface area (Å²) in [6.07, 6.45) is 2.09. The van der Waals surface area contributed by atoms with Crippen LogP contribution >= 0.6 is 0 Å². The fraction of sp³-hybridized carbons (Fsp3) is 0.500. The number of guanidine groups is 1.